The number of hydrogen-bond acceptors (Lipinski definition) is 3. The summed E-state index contributed by atoms with van der Waals surface area (Å²) in [6.45, 7) is 4.99. The van der Waals surface area contributed by atoms with Crippen LogP contribution in [0.1, 0.15) is 44.7 Å². The van der Waals surface area contributed by atoms with Gasteiger partial charge in [0.1, 0.15) is 11.4 Å². The lowest BCUT2D eigenvalue weighted by Crippen LogP contribution is -2.52. The molecule has 3 rings (SSSR count). The van der Waals surface area contributed by atoms with Gasteiger partial charge in [0.25, 0.3) is 0 Å². The maximum absolute atomic E-state index is 6.37. The molecule has 1 aromatic carbocycles. The van der Waals surface area contributed by atoms with Crippen molar-refractivity contribution >= 4 is 15.9 Å². The van der Waals surface area contributed by atoms with Gasteiger partial charge in [-0.25, -0.2) is 0 Å². The molecule has 0 aliphatic carbocycles. The van der Waals surface area contributed by atoms with E-state index in [4.69, 9.17) is 15.2 Å². The van der Waals surface area contributed by atoms with Crippen LogP contribution in [0.15, 0.2) is 22.7 Å². The van der Waals surface area contributed by atoms with Gasteiger partial charge in [-0.15, -0.1) is 0 Å². The quantitative estimate of drug-likeness (QED) is 0.793. The normalized spacial score (nSPS) is 32.7. The van der Waals surface area contributed by atoms with Crippen LogP contribution in [0, 0.1) is 0 Å². The Labute approximate surface area is 122 Å². The van der Waals surface area contributed by atoms with E-state index in [1.165, 1.54) is 0 Å². The summed E-state index contributed by atoms with van der Waals surface area (Å²) in [4.78, 5) is 0. The minimum Gasteiger partial charge on any atom is -0.487 e. The van der Waals surface area contributed by atoms with Gasteiger partial charge in [-0.1, -0.05) is 15.9 Å². The van der Waals surface area contributed by atoms with Crippen molar-refractivity contribution in [2.75, 3.05) is 6.61 Å². The van der Waals surface area contributed by atoms with Crippen molar-refractivity contribution < 1.29 is 9.47 Å². The summed E-state index contributed by atoms with van der Waals surface area (Å²) in [5.41, 5.74) is 7.17. The van der Waals surface area contributed by atoms with Crippen LogP contribution in [0.25, 0.3) is 0 Å². The van der Waals surface area contributed by atoms with Crippen molar-refractivity contribution in [3.63, 3.8) is 0 Å². The Morgan fingerprint density at radius 1 is 1.37 bits per heavy atom. The molecule has 2 aliphatic heterocycles. The molecule has 2 heterocycles. The van der Waals surface area contributed by atoms with E-state index in [9.17, 15) is 0 Å². The highest BCUT2D eigenvalue weighted by atomic mass is 79.9. The molecule has 0 aromatic heterocycles. The maximum atomic E-state index is 6.37. The summed E-state index contributed by atoms with van der Waals surface area (Å²) in [5, 5.41) is 0. The predicted octanol–water partition coefficient (Wildman–Crippen LogP) is 3.56. The molecule has 1 spiro atoms. The van der Waals surface area contributed by atoms with Crippen molar-refractivity contribution in [1.82, 2.24) is 0 Å². The summed E-state index contributed by atoms with van der Waals surface area (Å²) in [6.07, 6.45) is 2.67. The molecule has 0 radical (unpaired) electrons. The van der Waals surface area contributed by atoms with Gasteiger partial charge in [0.15, 0.2) is 0 Å². The van der Waals surface area contributed by atoms with Gasteiger partial charge >= 0.3 is 0 Å². The fourth-order valence-corrected chi connectivity index (χ4v) is 3.76. The molecule has 0 amide bonds. The molecule has 104 valence electrons. The van der Waals surface area contributed by atoms with Crippen LogP contribution in [-0.4, -0.2) is 17.8 Å². The predicted molar refractivity (Wildman–Crippen MR) is 78.3 cm³/mol. The van der Waals surface area contributed by atoms with Crippen molar-refractivity contribution in [2.45, 2.75) is 50.4 Å². The van der Waals surface area contributed by atoms with Crippen molar-refractivity contribution in [2.24, 2.45) is 5.73 Å². The summed E-state index contributed by atoms with van der Waals surface area (Å²) in [7, 11) is 0. The molecular formula is C15H20BrNO2. The summed E-state index contributed by atoms with van der Waals surface area (Å²) in [5.74, 6) is 0.930. The van der Waals surface area contributed by atoms with Gasteiger partial charge < -0.3 is 15.2 Å². The zero-order valence-corrected chi connectivity index (χ0v) is 13.0. The number of hydrogen-bond donors (Lipinski definition) is 1. The number of benzene rings is 1. The highest BCUT2D eigenvalue weighted by Gasteiger charge is 2.46. The van der Waals surface area contributed by atoms with Crippen LogP contribution in [0.2, 0.25) is 0 Å². The average Bonchev–Trinajstić information content (AvgIpc) is 2.29. The zero-order valence-electron chi connectivity index (χ0n) is 11.4. The van der Waals surface area contributed by atoms with Crippen LogP contribution < -0.4 is 10.5 Å². The van der Waals surface area contributed by atoms with Gasteiger partial charge in [-0.05, 0) is 32.0 Å². The Bertz CT molecular complexity index is 503. The smallest absolute Gasteiger partial charge is 0.124 e. The SMILES string of the molecule is CC1(C)CC2(CCO1)C[C@@H](N)c1cc(Br)ccc1O2. The second-order valence-corrected chi connectivity index (χ2v) is 7.23. The van der Waals surface area contributed by atoms with Gasteiger partial charge in [0, 0.05) is 35.3 Å². The molecule has 3 nitrogen and oxygen atoms in total. The fraction of sp³-hybridized carbons (Fsp3) is 0.600. The van der Waals surface area contributed by atoms with E-state index >= 15 is 0 Å². The number of nitrogens with two attached hydrogens (primary N) is 1. The van der Waals surface area contributed by atoms with Gasteiger partial charge in [-0.2, -0.15) is 0 Å². The van der Waals surface area contributed by atoms with Crippen LogP contribution in [0.5, 0.6) is 5.75 Å². The Kier molecular flexibility index (Phi) is 3.15. The van der Waals surface area contributed by atoms with Crippen LogP contribution in [0.3, 0.4) is 0 Å². The highest BCUT2D eigenvalue weighted by Crippen LogP contribution is 2.46. The van der Waals surface area contributed by atoms with E-state index in [0.717, 1.165) is 41.7 Å². The highest BCUT2D eigenvalue weighted by molar-refractivity contribution is 9.10. The van der Waals surface area contributed by atoms with E-state index in [-0.39, 0.29) is 17.2 Å². The number of halogens is 1. The van der Waals surface area contributed by atoms with Crippen molar-refractivity contribution in [1.29, 1.82) is 0 Å². The van der Waals surface area contributed by atoms with Gasteiger partial charge in [0.05, 0.1) is 12.2 Å². The monoisotopic (exact) mass is 325 g/mol. The average molecular weight is 326 g/mol. The van der Waals surface area contributed by atoms with Crippen molar-refractivity contribution in [3.8, 4) is 5.75 Å². The summed E-state index contributed by atoms with van der Waals surface area (Å²) < 4.78 is 13.2. The third kappa shape index (κ3) is 2.54. The molecule has 0 bridgehead atoms. The first-order valence-electron chi connectivity index (χ1n) is 6.77. The fourth-order valence-electron chi connectivity index (χ4n) is 3.38. The van der Waals surface area contributed by atoms with Crippen LogP contribution >= 0.6 is 15.9 Å². The molecule has 1 fully saturated rings. The Hall–Kier alpha value is -0.580. The lowest BCUT2D eigenvalue weighted by Gasteiger charge is -2.48. The lowest BCUT2D eigenvalue weighted by molar-refractivity contribution is -0.141. The lowest BCUT2D eigenvalue weighted by atomic mass is 9.77. The van der Waals surface area contributed by atoms with Gasteiger partial charge in [-0.3, -0.25) is 0 Å². The molecule has 2 aliphatic rings. The summed E-state index contributed by atoms with van der Waals surface area (Å²) in [6, 6.07) is 6.13. The van der Waals surface area contributed by atoms with Crippen molar-refractivity contribution in [3.05, 3.63) is 28.2 Å². The van der Waals surface area contributed by atoms with E-state index in [2.05, 4.69) is 35.8 Å². The van der Waals surface area contributed by atoms with E-state index < -0.39 is 0 Å². The second kappa shape index (κ2) is 4.47. The number of ether oxygens (including phenoxy) is 2. The molecule has 2 atom stereocenters. The van der Waals surface area contributed by atoms with E-state index in [0.29, 0.717) is 0 Å². The number of rotatable bonds is 0. The minimum atomic E-state index is -0.165. The molecular weight excluding hydrogens is 306 g/mol. The Balaban J connectivity index is 1.94. The van der Waals surface area contributed by atoms with Crippen LogP contribution in [0.4, 0.5) is 0 Å². The molecule has 19 heavy (non-hydrogen) atoms. The maximum Gasteiger partial charge on any atom is 0.124 e. The third-order valence-electron chi connectivity index (χ3n) is 4.09. The molecule has 4 heteroatoms. The second-order valence-electron chi connectivity index (χ2n) is 6.31. The Morgan fingerprint density at radius 3 is 2.89 bits per heavy atom. The molecule has 0 saturated carbocycles. The first-order chi connectivity index (χ1) is 8.89. The largest absolute Gasteiger partial charge is 0.487 e. The minimum absolute atomic E-state index is 0.0372. The molecule has 1 aromatic rings. The standard InChI is InChI=1S/C15H20BrNO2/c1-14(2)9-15(5-6-18-14)8-12(17)11-7-10(16)3-4-13(11)19-15/h3-4,7,12H,5-6,8-9,17H2,1-2H3/t12-,15?/m1/s1. The third-order valence-corrected chi connectivity index (χ3v) is 4.58. The van der Waals surface area contributed by atoms with Gasteiger partial charge in [0.2, 0.25) is 0 Å². The Morgan fingerprint density at radius 2 is 2.16 bits per heavy atom. The molecule has 1 saturated heterocycles. The summed E-state index contributed by atoms with van der Waals surface area (Å²) >= 11 is 3.49. The van der Waals surface area contributed by atoms with Crippen LogP contribution in [-0.2, 0) is 4.74 Å². The molecule has 1 unspecified atom stereocenters. The number of fused-ring (bicyclic) bond motifs is 1. The zero-order chi connectivity index (χ0) is 13.7. The first-order valence-corrected chi connectivity index (χ1v) is 7.57. The van der Waals surface area contributed by atoms with E-state index in [1.54, 1.807) is 0 Å². The van der Waals surface area contributed by atoms with E-state index in [1.807, 2.05) is 12.1 Å². The first kappa shape index (κ1) is 13.4. The molecule has 2 N–H and O–H groups in total. The topological polar surface area (TPSA) is 44.5 Å².